The molecule has 2 rings (SSSR count). The van der Waals surface area contributed by atoms with Gasteiger partial charge in [0.15, 0.2) is 0 Å². The Labute approximate surface area is 97.6 Å². The molecule has 0 aliphatic rings. The predicted molar refractivity (Wildman–Crippen MR) is 61.7 cm³/mol. The van der Waals surface area contributed by atoms with Gasteiger partial charge in [0.05, 0.1) is 7.11 Å². The number of aliphatic hydroxyl groups excluding tert-OH is 1. The second-order valence-electron chi connectivity index (χ2n) is 3.36. The van der Waals surface area contributed by atoms with Crippen molar-refractivity contribution in [1.82, 2.24) is 9.97 Å². The third kappa shape index (κ3) is 1.91. The summed E-state index contributed by atoms with van der Waals surface area (Å²) < 4.78 is 5.07. The van der Waals surface area contributed by atoms with Crippen LogP contribution in [0.15, 0.2) is 23.2 Å². The molecule has 0 radical (unpaired) electrons. The van der Waals surface area contributed by atoms with E-state index in [0.29, 0.717) is 11.6 Å². The van der Waals surface area contributed by atoms with E-state index in [0.717, 1.165) is 11.1 Å². The maximum atomic E-state index is 10.2. The summed E-state index contributed by atoms with van der Waals surface area (Å²) in [6.07, 6.45) is 2.30. The smallest absolute Gasteiger partial charge is 0.238 e. The summed E-state index contributed by atoms with van der Waals surface area (Å²) in [6.45, 7) is 1.96. The Bertz CT molecular complexity index is 484. The van der Waals surface area contributed by atoms with Crippen LogP contribution >= 0.6 is 11.3 Å². The Morgan fingerprint density at radius 1 is 1.31 bits per heavy atom. The van der Waals surface area contributed by atoms with E-state index in [1.54, 1.807) is 17.5 Å². The fourth-order valence-electron chi connectivity index (χ4n) is 1.48. The Morgan fingerprint density at radius 2 is 2.06 bits per heavy atom. The summed E-state index contributed by atoms with van der Waals surface area (Å²) >= 11 is 1.55. The number of ether oxygens (including phenoxy) is 1. The number of methoxy groups -OCH3 is 1. The summed E-state index contributed by atoms with van der Waals surface area (Å²) in [4.78, 5) is 8.13. The first-order valence-electron chi connectivity index (χ1n) is 4.79. The van der Waals surface area contributed by atoms with E-state index in [2.05, 4.69) is 9.97 Å². The van der Waals surface area contributed by atoms with E-state index in [1.165, 1.54) is 13.3 Å². The standard InChI is InChI=1S/C11H12N2O2S/c1-7-5-16-6-8(7)10(14)9-11(15-2)13-4-3-12-9/h3-6,10,14H,1-2H3. The largest absolute Gasteiger partial charge is 0.480 e. The molecule has 0 amide bonds. The van der Waals surface area contributed by atoms with Crippen molar-refractivity contribution < 1.29 is 9.84 Å². The minimum Gasteiger partial charge on any atom is -0.480 e. The summed E-state index contributed by atoms with van der Waals surface area (Å²) in [7, 11) is 1.51. The van der Waals surface area contributed by atoms with Crippen LogP contribution in [0.4, 0.5) is 0 Å². The highest BCUT2D eigenvalue weighted by Gasteiger charge is 2.19. The Hall–Kier alpha value is -1.46. The molecule has 4 nitrogen and oxygen atoms in total. The Balaban J connectivity index is 2.41. The molecule has 2 aromatic heterocycles. The van der Waals surface area contributed by atoms with Crippen LogP contribution in [0.5, 0.6) is 5.88 Å². The zero-order valence-electron chi connectivity index (χ0n) is 9.04. The number of aliphatic hydroxyl groups is 1. The van der Waals surface area contributed by atoms with Crippen LogP contribution in [-0.2, 0) is 0 Å². The molecule has 84 valence electrons. The number of hydrogen-bond acceptors (Lipinski definition) is 5. The van der Waals surface area contributed by atoms with Gasteiger partial charge in [-0.15, -0.1) is 0 Å². The van der Waals surface area contributed by atoms with E-state index >= 15 is 0 Å². The van der Waals surface area contributed by atoms with Gasteiger partial charge in [-0.25, -0.2) is 4.98 Å². The molecular weight excluding hydrogens is 224 g/mol. The lowest BCUT2D eigenvalue weighted by Gasteiger charge is -2.12. The van der Waals surface area contributed by atoms with Gasteiger partial charge in [-0.2, -0.15) is 11.3 Å². The fourth-order valence-corrected chi connectivity index (χ4v) is 2.35. The maximum Gasteiger partial charge on any atom is 0.238 e. The number of thiophene rings is 1. The average Bonchev–Trinajstić information content (AvgIpc) is 2.74. The van der Waals surface area contributed by atoms with Crippen molar-refractivity contribution in [1.29, 1.82) is 0 Å². The molecule has 0 spiro atoms. The lowest BCUT2D eigenvalue weighted by molar-refractivity contribution is 0.207. The lowest BCUT2D eigenvalue weighted by atomic mass is 10.1. The summed E-state index contributed by atoms with van der Waals surface area (Å²) in [5.41, 5.74) is 2.35. The molecule has 0 fully saturated rings. The van der Waals surface area contributed by atoms with Crippen LogP contribution in [0, 0.1) is 6.92 Å². The molecule has 0 saturated carbocycles. The van der Waals surface area contributed by atoms with E-state index in [9.17, 15) is 5.11 Å². The zero-order chi connectivity index (χ0) is 11.5. The SMILES string of the molecule is COc1nccnc1C(O)c1cscc1C. The molecule has 0 aliphatic carbocycles. The van der Waals surface area contributed by atoms with E-state index in [4.69, 9.17) is 4.74 Å². The van der Waals surface area contributed by atoms with Crippen molar-refractivity contribution in [2.24, 2.45) is 0 Å². The van der Waals surface area contributed by atoms with Crippen molar-refractivity contribution in [2.75, 3.05) is 7.11 Å². The number of hydrogen-bond donors (Lipinski definition) is 1. The van der Waals surface area contributed by atoms with Gasteiger partial charge in [-0.1, -0.05) is 0 Å². The van der Waals surface area contributed by atoms with Gasteiger partial charge in [-0.3, -0.25) is 4.98 Å². The molecule has 1 atom stereocenters. The molecule has 0 bridgehead atoms. The molecule has 2 aromatic rings. The quantitative estimate of drug-likeness (QED) is 0.884. The first-order valence-corrected chi connectivity index (χ1v) is 5.74. The van der Waals surface area contributed by atoms with Gasteiger partial charge in [-0.05, 0) is 23.2 Å². The topological polar surface area (TPSA) is 55.2 Å². The van der Waals surface area contributed by atoms with Gasteiger partial charge in [0.25, 0.3) is 0 Å². The molecule has 1 N–H and O–H groups in total. The molecule has 2 heterocycles. The third-order valence-corrected chi connectivity index (χ3v) is 3.21. The predicted octanol–water partition coefficient (Wildman–Crippen LogP) is 1.94. The molecule has 0 saturated heterocycles. The molecule has 16 heavy (non-hydrogen) atoms. The van der Waals surface area contributed by atoms with E-state index in [1.807, 2.05) is 17.7 Å². The summed E-state index contributed by atoms with van der Waals surface area (Å²) in [5.74, 6) is 0.362. The van der Waals surface area contributed by atoms with Gasteiger partial charge in [0.2, 0.25) is 5.88 Å². The highest BCUT2D eigenvalue weighted by Crippen LogP contribution is 2.29. The summed E-state index contributed by atoms with van der Waals surface area (Å²) in [5, 5.41) is 14.1. The minimum absolute atomic E-state index is 0.362. The number of nitrogens with zero attached hydrogens (tertiary/aromatic N) is 2. The molecule has 5 heteroatoms. The average molecular weight is 236 g/mol. The number of aryl methyl sites for hydroxylation is 1. The maximum absolute atomic E-state index is 10.2. The van der Waals surface area contributed by atoms with Crippen molar-refractivity contribution in [3.05, 3.63) is 40.0 Å². The van der Waals surface area contributed by atoms with Crippen molar-refractivity contribution in [2.45, 2.75) is 13.0 Å². The van der Waals surface area contributed by atoms with Gasteiger partial charge in [0.1, 0.15) is 11.8 Å². The Morgan fingerprint density at radius 3 is 2.69 bits per heavy atom. The second-order valence-corrected chi connectivity index (χ2v) is 4.11. The first-order chi connectivity index (χ1) is 7.74. The van der Waals surface area contributed by atoms with Crippen LogP contribution in [0.25, 0.3) is 0 Å². The van der Waals surface area contributed by atoms with Crippen LogP contribution in [0.3, 0.4) is 0 Å². The monoisotopic (exact) mass is 236 g/mol. The van der Waals surface area contributed by atoms with Gasteiger partial charge in [0, 0.05) is 18.0 Å². The van der Waals surface area contributed by atoms with E-state index in [-0.39, 0.29) is 0 Å². The normalized spacial score (nSPS) is 12.4. The summed E-state index contributed by atoms with van der Waals surface area (Å²) in [6, 6.07) is 0. The fraction of sp³-hybridized carbons (Fsp3) is 0.273. The lowest BCUT2D eigenvalue weighted by Crippen LogP contribution is -2.06. The van der Waals surface area contributed by atoms with Crippen LogP contribution < -0.4 is 4.74 Å². The molecule has 0 aliphatic heterocycles. The van der Waals surface area contributed by atoms with E-state index < -0.39 is 6.10 Å². The number of aromatic nitrogens is 2. The van der Waals surface area contributed by atoms with Crippen molar-refractivity contribution >= 4 is 11.3 Å². The highest BCUT2D eigenvalue weighted by molar-refractivity contribution is 7.08. The minimum atomic E-state index is -0.783. The van der Waals surface area contributed by atoms with Crippen LogP contribution in [0.1, 0.15) is 22.9 Å². The number of rotatable bonds is 3. The third-order valence-electron chi connectivity index (χ3n) is 2.33. The highest BCUT2D eigenvalue weighted by atomic mass is 32.1. The molecule has 1 unspecified atom stereocenters. The van der Waals surface area contributed by atoms with Crippen LogP contribution in [-0.4, -0.2) is 22.2 Å². The van der Waals surface area contributed by atoms with Crippen LogP contribution in [0.2, 0.25) is 0 Å². The molecule has 0 aromatic carbocycles. The first kappa shape index (κ1) is 11.0. The van der Waals surface area contributed by atoms with Crippen molar-refractivity contribution in [3.8, 4) is 5.88 Å². The van der Waals surface area contributed by atoms with Gasteiger partial charge < -0.3 is 9.84 Å². The van der Waals surface area contributed by atoms with Gasteiger partial charge >= 0.3 is 0 Å². The second kappa shape index (κ2) is 4.59. The van der Waals surface area contributed by atoms with Crippen molar-refractivity contribution in [3.63, 3.8) is 0 Å². The zero-order valence-corrected chi connectivity index (χ0v) is 9.86. The Kier molecular flexibility index (Phi) is 3.17. The molecular formula is C11H12N2O2S.